The first-order chi connectivity index (χ1) is 11.0. The molecule has 1 aromatic rings. The molecule has 5 N–H and O–H groups in total. The van der Waals surface area contributed by atoms with Crippen molar-refractivity contribution in [1.29, 1.82) is 0 Å². The number of amides is 1. The molecule has 3 heterocycles. The van der Waals surface area contributed by atoms with Crippen LogP contribution in [0.4, 0.5) is 5.82 Å². The first kappa shape index (κ1) is 15.8. The molecule has 8 nitrogen and oxygen atoms in total. The highest BCUT2D eigenvalue weighted by atomic mass is 32.2. The van der Waals surface area contributed by atoms with Gasteiger partial charge in [-0.05, 0) is 23.1 Å². The van der Waals surface area contributed by atoms with Gasteiger partial charge in [0.1, 0.15) is 22.9 Å². The van der Waals surface area contributed by atoms with Crippen molar-refractivity contribution in [2.75, 3.05) is 11.5 Å². The van der Waals surface area contributed by atoms with Crippen molar-refractivity contribution in [2.45, 2.75) is 16.6 Å². The lowest BCUT2D eigenvalue weighted by molar-refractivity contribution is -0.147. The van der Waals surface area contributed by atoms with E-state index in [4.69, 9.17) is 11.5 Å². The number of anilines is 1. The Hall–Kier alpha value is -2.04. The summed E-state index contributed by atoms with van der Waals surface area (Å²) in [4.78, 5) is 32.6. The van der Waals surface area contributed by atoms with Crippen molar-refractivity contribution in [1.82, 2.24) is 14.9 Å². The quantitative estimate of drug-likeness (QED) is 0.396. The number of hydrogen-bond acceptors (Lipinski definition) is 8. The number of allylic oxidation sites excluding steroid dienone is 1. The number of rotatable bonds is 4. The minimum absolute atomic E-state index is 0.00852. The minimum atomic E-state index is -1.14. The van der Waals surface area contributed by atoms with Gasteiger partial charge in [0, 0.05) is 11.9 Å². The van der Waals surface area contributed by atoms with Gasteiger partial charge in [-0.15, -0.1) is 11.8 Å². The molecule has 10 heteroatoms. The maximum absolute atomic E-state index is 11.8. The predicted octanol–water partition coefficient (Wildman–Crippen LogP) is 0.246. The van der Waals surface area contributed by atoms with Crippen LogP contribution in [0.3, 0.4) is 0 Å². The highest BCUT2D eigenvalue weighted by Crippen LogP contribution is 2.39. The molecule has 0 radical (unpaired) electrons. The largest absolute Gasteiger partial charge is 0.477 e. The number of nitrogens with two attached hydrogens (primary N) is 2. The number of carboxylic acids is 1. The number of carboxylic acid groups (broad SMARTS) is 1. The molecule has 1 saturated heterocycles. The van der Waals surface area contributed by atoms with E-state index in [0.29, 0.717) is 22.3 Å². The topological polar surface area (TPSA) is 135 Å². The van der Waals surface area contributed by atoms with Crippen LogP contribution in [0.25, 0.3) is 0 Å². The van der Waals surface area contributed by atoms with E-state index in [0.717, 1.165) is 0 Å². The van der Waals surface area contributed by atoms with Crippen molar-refractivity contribution in [3.8, 4) is 0 Å². The molecule has 23 heavy (non-hydrogen) atoms. The molecule has 0 aliphatic carbocycles. The third-order valence-electron chi connectivity index (χ3n) is 3.34. The van der Waals surface area contributed by atoms with Crippen LogP contribution in [0.5, 0.6) is 0 Å². The molecule has 2 unspecified atom stereocenters. The zero-order chi connectivity index (χ0) is 16.6. The standard InChI is InChI=1S/C13H13N5O3S2/c14-7-1-3-16-13(17-7)22-4-2-6-5-23-11-8(15)10(19)18(11)9(6)12(20)21/h1-4,8,11H,5,15H2,(H,20,21)(H2,14,16,17)/b4-2+. The van der Waals surface area contributed by atoms with Crippen LogP contribution in [0, 0.1) is 0 Å². The Kier molecular flexibility index (Phi) is 4.28. The van der Waals surface area contributed by atoms with E-state index in [2.05, 4.69) is 9.97 Å². The number of nitrogen functional groups attached to an aromatic ring is 1. The third-order valence-corrected chi connectivity index (χ3v) is 5.34. The van der Waals surface area contributed by atoms with Crippen LogP contribution >= 0.6 is 23.5 Å². The second-order valence-electron chi connectivity index (χ2n) is 4.80. The summed E-state index contributed by atoms with van der Waals surface area (Å²) in [5, 5.41) is 11.2. The van der Waals surface area contributed by atoms with E-state index in [-0.39, 0.29) is 17.0 Å². The van der Waals surface area contributed by atoms with E-state index >= 15 is 0 Å². The molecule has 1 amide bonds. The number of β-lactam (4-membered cyclic amide) rings is 1. The summed E-state index contributed by atoms with van der Waals surface area (Å²) < 4.78 is 0. The summed E-state index contributed by atoms with van der Waals surface area (Å²) in [7, 11) is 0. The van der Waals surface area contributed by atoms with E-state index in [1.54, 1.807) is 23.7 Å². The van der Waals surface area contributed by atoms with E-state index in [1.807, 2.05) is 0 Å². The van der Waals surface area contributed by atoms with Gasteiger partial charge in [0.05, 0.1) is 0 Å². The molecule has 0 aromatic carbocycles. The number of aliphatic carboxylic acids is 1. The summed E-state index contributed by atoms with van der Waals surface area (Å²) >= 11 is 2.67. The highest BCUT2D eigenvalue weighted by Gasteiger charge is 2.51. The Balaban J connectivity index is 1.81. The van der Waals surface area contributed by atoms with E-state index in [1.165, 1.54) is 28.4 Å². The lowest BCUT2D eigenvalue weighted by Crippen LogP contribution is -2.68. The second-order valence-corrected chi connectivity index (χ2v) is 6.78. The van der Waals surface area contributed by atoms with Gasteiger partial charge in [-0.3, -0.25) is 9.69 Å². The summed E-state index contributed by atoms with van der Waals surface area (Å²) in [5.74, 6) is -0.672. The smallest absolute Gasteiger partial charge is 0.352 e. The van der Waals surface area contributed by atoms with Crippen molar-refractivity contribution < 1.29 is 14.7 Å². The van der Waals surface area contributed by atoms with Gasteiger partial charge < -0.3 is 16.6 Å². The molecule has 0 spiro atoms. The summed E-state index contributed by atoms with van der Waals surface area (Å²) in [5.41, 5.74) is 11.8. The highest BCUT2D eigenvalue weighted by molar-refractivity contribution is 8.02. The Morgan fingerprint density at radius 3 is 3.04 bits per heavy atom. The third kappa shape index (κ3) is 2.92. The first-order valence-corrected chi connectivity index (χ1v) is 8.50. The Bertz CT molecular complexity index is 736. The van der Waals surface area contributed by atoms with Gasteiger partial charge in [-0.1, -0.05) is 11.8 Å². The molecule has 0 bridgehead atoms. The molecular formula is C13H13N5O3S2. The molecule has 2 aliphatic heterocycles. The maximum Gasteiger partial charge on any atom is 0.352 e. The fraction of sp³-hybridized carbons (Fsp3) is 0.231. The van der Waals surface area contributed by atoms with Crippen LogP contribution < -0.4 is 11.5 Å². The fourth-order valence-corrected chi connectivity index (χ4v) is 4.15. The zero-order valence-electron chi connectivity index (χ0n) is 11.7. The van der Waals surface area contributed by atoms with Gasteiger partial charge in [-0.25, -0.2) is 14.8 Å². The van der Waals surface area contributed by atoms with Crippen molar-refractivity contribution >= 4 is 41.2 Å². The molecule has 0 saturated carbocycles. The van der Waals surface area contributed by atoms with Gasteiger partial charge in [0.25, 0.3) is 0 Å². The van der Waals surface area contributed by atoms with Crippen LogP contribution in [-0.4, -0.2) is 49.0 Å². The van der Waals surface area contributed by atoms with E-state index < -0.39 is 12.0 Å². The van der Waals surface area contributed by atoms with E-state index in [9.17, 15) is 14.7 Å². The van der Waals surface area contributed by atoms with Crippen LogP contribution in [0.2, 0.25) is 0 Å². The molecule has 2 aliphatic rings. The number of fused-ring (bicyclic) bond motifs is 1. The number of thioether (sulfide) groups is 2. The van der Waals surface area contributed by atoms with Gasteiger partial charge in [0.15, 0.2) is 5.16 Å². The average molecular weight is 351 g/mol. The molecule has 1 aromatic heterocycles. The average Bonchev–Trinajstić information content (AvgIpc) is 2.53. The molecule has 3 rings (SSSR count). The maximum atomic E-state index is 11.8. The molecule has 2 atom stereocenters. The number of carbonyl (C=O) groups is 2. The Labute approximate surface area is 140 Å². The zero-order valence-corrected chi connectivity index (χ0v) is 13.4. The van der Waals surface area contributed by atoms with Crippen LogP contribution in [0.1, 0.15) is 0 Å². The Morgan fingerprint density at radius 2 is 2.35 bits per heavy atom. The van der Waals surface area contributed by atoms with Gasteiger partial charge in [0.2, 0.25) is 5.91 Å². The fourth-order valence-electron chi connectivity index (χ4n) is 2.26. The SMILES string of the molecule is Nc1ccnc(S/C=C/C2=C(C(=O)O)N3C(=O)C(N)C3SC2)n1. The molecule has 1 fully saturated rings. The monoisotopic (exact) mass is 351 g/mol. The predicted molar refractivity (Wildman–Crippen MR) is 87.2 cm³/mol. The normalized spacial score (nSPS) is 23.9. The van der Waals surface area contributed by atoms with Crippen LogP contribution in [0.15, 0.2) is 40.2 Å². The lowest BCUT2D eigenvalue weighted by atomic mass is 10.0. The Morgan fingerprint density at radius 1 is 1.57 bits per heavy atom. The van der Waals surface area contributed by atoms with Crippen molar-refractivity contribution in [2.24, 2.45) is 5.73 Å². The number of carbonyl (C=O) groups excluding carboxylic acids is 1. The van der Waals surface area contributed by atoms with Gasteiger partial charge >= 0.3 is 5.97 Å². The summed E-state index contributed by atoms with van der Waals surface area (Å²) in [6.45, 7) is 0. The van der Waals surface area contributed by atoms with Crippen molar-refractivity contribution in [3.05, 3.63) is 35.0 Å². The van der Waals surface area contributed by atoms with Crippen LogP contribution in [-0.2, 0) is 9.59 Å². The lowest BCUT2D eigenvalue weighted by Gasteiger charge is -2.47. The summed E-state index contributed by atoms with van der Waals surface area (Å²) in [6, 6.07) is 0.949. The molecular weight excluding hydrogens is 338 g/mol. The van der Waals surface area contributed by atoms with Crippen molar-refractivity contribution in [3.63, 3.8) is 0 Å². The number of hydrogen-bond donors (Lipinski definition) is 3. The first-order valence-electron chi connectivity index (χ1n) is 6.57. The second kappa shape index (κ2) is 6.22. The number of nitrogens with zero attached hydrogens (tertiary/aromatic N) is 3. The molecule has 120 valence electrons. The number of aromatic nitrogens is 2. The minimum Gasteiger partial charge on any atom is -0.477 e. The van der Waals surface area contributed by atoms with Gasteiger partial charge in [-0.2, -0.15) is 0 Å². The summed E-state index contributed by atoms with van der Waals surface area (Å²) in [6.07, 6.45) is 3.20.